The Labute approximate surface area is 138 Å². The van der Waals surface area contributed by atoms with E-state index in [2.05, 4.69) is 0 Å². The van der Waals surface area contributed by atoms with Crippen molar-refractivity contribution in [1.29, 1.82) is 0 Å². The molecule has 3 N–H and O–H groups in total. The van der Waals surface area contributed by atoms with Gasteiger partial charge in [-0.15, -0.1) is 0 Å². The van der Waals surface area contributed by atoms with Crippen LogP contribution in [0.1, 0.15) is 17.0 Å². The van der Waals surface area contributed by atoms with Crippen molar-refractivity contribution in [3.05, 3.63) is 65.5 Å². The normalized spacial score (nSPS) is 26.1. The van der Waals surface area contributed by atoms with Crippen LogP contribution in [0.2, 0.25) is 0 Å². The van der Waals surface area contributed by atoms with E-state index in [0.29, 0.717) is 5.56 Å². The van der Waals surface area contributed by atoms with Crippen LogP contribution in [-0.2, 0) is 14.6 Å². The van der Waals surface area contributed by atoms with E-state index in [1.165, 1.54) is 24.3 Å². The van der Waals surface area contributed by atoms with E-state index in [4.69, 9.17) is 5.73 Å². The SMILES string of the molecule is Cc1ccc(S(=O)(=O)[C@@H]2[C@@H](c3ccc(F)cc3)[C@@]2(N)C(=O)O)cc1. The third-order valence-corrected chi connectivity index (χ3v) is 6.72. The first-order valence-electron chi connectivity index (χ1n) is 7.27. The largest absolute Gasteiger partial charge is 0.480 e. The quantitative estimate of drug-likeness (QED) is 0.878. The van der Waals surface area contributed by atoms with Gasteiger partial charge in [-0.05, 0) is 36.8 Å². The molecule has 0 unspecified atom stereocenters. The van der Waals surface area contributed by atoms with Gasteiger partial charge in [-0.1, -0.05) is 29.8 Å². The van der Waals surface area contributed by atoms with Crippen molar-refractivity contribution >= 4 is 15.8 Å². The van der Waals surface area contributed by atoms with Gasteiger partial charge in [0.15, 0.2) is 9.84 Å². The molecule has 0 spiro atoms. The third kappa shape index (κ3) is 2.40. The van der Waals surface area contributed by atoms with Crippen LogP contribution >= 0.6 is 0 Å². The van der Waals surface area contributed by atoms with Crippen LogP contribution in [0.25, 0.3) is 0 Å². The summed E-state index contributed by atoms with van der Waals surface area (Å²) in [7, 11) is -3.94. The Bertz CT molecular complexity index is 893. The molecule has 2 aromatic rings. The van der Waals surface area contributed by atoms with Gasteiger partial charge >= 0.3 is 5.97 Å². The first-order valence-corrected chi connectivity index (χ1v) is 8.82. The number of carbonyl (C=O) groups is 1. The number of benzene rings is 2. The zero-order valence-corrected chi connectivity index (χ0v) is 13.6. The van der Waals surface area contributed by atoms with Gasteiger partial charge < -0.3 is 10.8 Å². The molecule has 0 aliphatic heterocycles. The summed E-state index contributed by atoms with van der Waals surface area (Å²) in [6.45, 7) is 1.82. The minimum absolute atomic E-state index is 0.0267. The number of carboxylic acid groups (broad SMARTS) is 1. The van der Waals surface area contributed by atoms with Gasteiger partial charge in [0.05, 0.1) is 4.90 Å². The summed E-state index contributed by atoms with van der Waals surface area (Å²) in [6, 6.07) is 11.2. The molecule has 1 aliphatic rings. The van der Waals surface area contributed by atoms with Crippen molar-refractivity contribution < 1.29 is 22.7 Å². The monoisotopic (exact) mass is 349 g/mol. The van der Waals surface area contributed by atoms with Crippen LogP contribution in [0.4, 0.5) is 4.39 Å². The van der Waals surface area contributed by atoms with Gasteiger partial charge in [0.1, 0.15) is 16.6 Å². The molecule has 0 heterocycles. The van der Waals surface area contributed by atoms with Gasteiger partial charge in [0, 0.05) is 5.92 Å². The molecule has 0 aromatic heterocycles. The molecule has 7 heteroatoms. The molecule has 24 heavy (non-hydrogen) atoms. The first-order chi connectivity index (χ1) is 11.2. The highest BCUT2D eigenvalue weighted by atomic mass is 32.2. The number of aliphatic carboxylic acids is 1. The van der Waals surface area contributed by atoms with Crippen molar-refractivity contribution in [1.82, 2.24) is 0 Å². The van der Waals surface area contributed by atoms with E-state index in [9.17, 15) is 22.7 Å². The number of aryl methyl sites for hydroxylation is 1. The second-order valence-corrected chi connectivity index (χ2v) is 8.12. The molecule has 1 aliphatic carbocycles. The van der Waals surface area contributed by atoms with Gasteiger partial charge in [-0.2, -0.15) is 0 Å². The molecule has 0 saturated heterocycles. The van der Waals surface area contributed by atoms with E-state index in [1.807, 2.05) is 6.92 Å². The first kappa shape index (κ1) is 16.6. The third-order valence-electron chi connectivity index (χ3n) is 4.46. The zero-order chi connectivity index (χ0) is 17.7. The minimum atomic E-state index is -3.94. The Balaban J connectivity index is 2.06. The van der Waals surface area contributed by atoms with Crippen molar-refractivity contribution in [2.75, 3.05) is 0 Å². The highest BCUT2D eigenvalue weighted by Gasteiger charge is 2.74. The van der Waals surface area contributed by atoms with Crippen molar-refractivity contribution in [2.24, 2.45) is 5.73 Å². The molecule has 2 aromatic carbocycles. The number of hydrogen-bond donors (Lipinski definition) is 2. The Morgan fingerprint density at radius 2 is 1.67 bits per heavy atom. The molecule has 0 radical (unpaired) electrons. The second kappa shape index (κ2) is 5.39. The molecular formula is C17H16FNO4S. The smallest absolute Gasteiger partial charge is 0.325 e. The molecule has 3 rings (SSSR count). The maximum atomic E-state index is 13.1. The lowest BCUT2D eigenvalue weighted by molar-refractivity contribution is -0.139. The molecule has 1 fully saturated rings. The number of nitrogens with two attached hydrogens (primary N) is 1. The topological polar surface area (TPSA) is 97.5 Å². The number of sulfone groups is 1. The fraction of sp³-hybridized carbons (Fsp3) is 0.235. The minimum Gasteiger partial charge on any atom is -0.480 e. The number of rotatable bonds is 4. The van der Waals surface area contributed by atoms with E-state index in [0.717, 1.165) is 17.7 Å². The van der Waals surface area contributed by atoms with Crippen LogP contribution in [0.15, 0.2) is 53.4 Å². The summed E-state index contributed by atoms with van der Waals surface area (Å²) in [6.07, 6.45) is 0. The Hall–Kier alpha value is -2.25. The highest BCUT2D eigenvalue weighted by Crippen LogP contribution is 2.55. The van der Waals surface area contributed by atoms with E-state index < -0.39 is 38.3 Å². The number of hydrogen-bond acceptors (Lipinski definition) is 4. The maximum absolute atomic E-state index is 13.1. The average Bonchev–Trinajstić information content (AvgIpc) is 3.17. The van der Waals surface area contributed by atoms with Crippen LogP contribution in [-0.4, -0.2) is 30.3 Å². The predicted octanol–water partition coefficient (Wildman–Crippen LogP) is 1.86. The lowest BCUT2D eigenvalue weighted by Crippen LogP contribution is -2.39. The van der Waals surface area contributed by atoms with Crippen molar-refractivity contribution in [2.45, 2.75) is 28.5 Å². The fourth-order valence-corrected chi connectivity index (χ4v) is 5.29. The average molecular weight is 349 g/mol. The predicted molar refractivity (Wildman–Crippen MR) is 85.8 cm³/mol. The zero-order valence-electron chi connectivity index (χ0n) is 12.8. The Morgan fingerprint density at radius 3 is 2.17 bits per heavy atom. The maximum Gasteiger partial charge on any atom is 0.325 e. The highest BCUT2D eigenvalue weighted by molar-refractivity contribution is 7.92. The van der Waals surface area contributed by atoms with Crippen LogP contribution in [0.3, 0.4) is 0 Å². The van der Waals surface area contributed by atoms with Crippen LogP contribution in [0, 0.1) is 12.7 Å². The molecule has 0 bridgehead atoms. The molecule has 0 amide bonds. The van der Waals surface area contributed by atoms with Gasteiger partial charge in [-0.3, -0.25) is 4.79 Å². The van der Waals surface area contributed by atoms with E-state index in [1.54, 1.807) is 12.1 Å². The summed E-state index contributed by atoms with van der Waals surface area (Å²) in [4.78, 5) is 11.6. The van der Waals surface area contributed by atoms with E-state index >= 15 is 0 Å². The standard InChI is InChI=1S/C17H16FNO4S/c1-10-2-8-13(9-3-10)24(22,23)15-14(17(15,19)16(20)21)11-4-6-12(18)7-5-11/h2-9,14-15H,19H2,1H3,(H,20,21)/t14-,15-,17+/m1/s1. The summed E-state index contributed by atoms with van der Waals surface area (Å²) < 4.78 is 38.8. The molecule has 5 nitrogen and oxygen atoms in total. The summed E-state index contributed by atoms with van der Waals surface area (Å²) in [5.41, 5.74) is 5.28. The molecular weight excluding hydrogens is 333 g/mol. The van der Waals surface area contributed by atoms with Crippen LogP contribution < -0.4 is 5.73 Å². The summed E-state index contributed by atoms with van der Waals surface area (Å²) in [5.74, 6) is -2.81. The van der Waals surface area contributed by atoms with Crippen LogP contribution in [0.5, 0.6) is 0 Å². The van der Waals surface area contributed by atoms with Crippen molar-refractivity contribution in [3.63, 3.8) is 0 Å². The van der Waals surface area contributed by atoms with Crippen molar-refractivity contribution in [3.8, 4) is 0 Å². The fourth-order valence-electron chi connectivity index (χ4n) is 3.06. The van der Waals surface area contributed by atoms with Gasteiger partial charge in [-0.25, -0.2) is 12.8 Å². The second-order valence-electron chi connectivity index (χ2n) is 6.05. The van der Waals surface area contributed by atoms with Gasteiger partial charge in [0.2, 0.25) is 0 Å². The number of halogens is 1. The Morgan fingerprint density at radius 1 is 1.12 bits per heavy atom. The molecule has 1 saturated carbocycles. The molecule has 3 atom stereocenters. The Kier molecular flexibility index (Phi) is 3.73. The summed E-state index contributed by atoms with van der Waals surface area (Å²) in [5, 5.41) is 8.16. The van der Waals surface area contributed by atoms with Gasteiger partial charge in [0.25, 0.3) is 0 Å². The molecule has 126 valence electrons. The van der Waals surface area contributed by atoms with E-state index in [-0.39, 0.29) is 4.90 Å². The number of carboxylic acids is 1. The summed E-state index contributed by atoms with van der Waals surface area (Å²) >= 11 is 0. The lowest BCUT2D eigenvalue weighted by Gasteiger charge is -2.07. The lowest BCUT2D eigenvalue weighted by atomic mass is 10.1.